The van der Waals surface area contributed by atoms with Gasteiger partial charge in [0.25, 0.3) is 0 Å². The van der Waals surface area contributed by atoms with Gasteiger partial charge in [-0.1, -0.05) is 24.3 Å². The van der Waals surface area contributed by atoms with E-state index in [4.69, 9.17) is 0 Å². The molecule has 3 heteroatoms. The maximum Gasteiger partial charge on any atom is 0.0705 e. The predicted octanol–water partition coefficient (Wildman–Crippen LogP) is 2.96. The molecule has 0 aliphatic carbocycles. The van der Waals surface area contributed by atoms with Crippen LogP contribution in [0, 0.1) is 0 Å². The molecule has 20 heavy (non-hydrogen) atoms. The molecule has 3 aromatic rings. The molecule has 0 aliphatic rings. The lowest BCUT2D eigenvalue weighted by molar-refractivity contribution is 0.688. The maximum atomic E-state index is 4.38. The fraction of sp³-hybridized carbons (Fsp3) is 0.176. The Labute approximate surface area is 118 Å². The van der Waals surface area contributed by atoms with E-state index in [1.807, 2.05) is 24.5 Å². The van der Waals surface area contributed by atoms with Gasteiger partial charge in [-0.05, 0) is 42.3 Å². The molecule has 2 aromatic heterocycles. The summed E-state index contributed by atoms with van der Waals surface area (Å²) >= 11 is 0. The van der Waals surface area contributed by atoms with Gasteiger partial charge >= 0.3 is 0 Å². The largest absolute Gasteiger partial charge is 0.312 e. The van der Waals surface area contributed by atoms with Crippen LogP contribution in [-0.4, -0.2) is 16.5 Å². The third-order valence-electron chi connectivity index (χ3n) is 3.36. The van der Waals surface area contributed by atoms with Crippen molar-refractivity contribution in [3.63, 3.8) is 0 Å². The molecular weight excluding hydrogens is 246 g/mol. The minimum atomic E-state index is 0.864. The van der Waals surface area contributed by atoms with Crippen LogP contribution in [0.2, 0.25) is 0 Å². The monoisotopic (exact) mass is 263 g/mol. The van der Waals surface area contributed by atoms with Crippen molar-refractivity contribution >= 4 is 10.9 Å². The number of nitrogens with one attached hydrogen (secondary N) is 1. The first-order valence-corrected chi connectivity index (χ1v) is 6.86. The van der Waals surface area contributed by atoms with E-state index in [0.29, 0.717) is 0 Å². The van der Waals surface area contributed by atoms with Gasteiger partial charge in [0.2, 0.25) is 0 Å². The zero-order valence-corrected chi connectivity index (χ0v) is 11.3. The Hall–Kier alpha value is -2.26. The van der Waals surface area contributed by atoms with E-state index in [2.05, 4.69) is 45.6 Å². The van der Waals surface area contributed by atoms with Crippen molar-refractivity contribution in [2.75, 3.05) is 6.54 Å². The van der Waals surface area contributed by atoms with Gasteiger partial charge in [-0.2, -0.15) is 0 Å². The molecule has 0 radical (unpaired) electrons. The number of hydrogen-bond donors (Lipinski definition) is 1. The molecule has 1 N–H and O–H groups in total. The van der Waals surface area contributed by atoms with Crippen molar-refractivity contribution in [2.45, 2.75) is 13.0 Å². The van der Waals surface area contributed by atoms with Crippen molar-refractivity contribution in [2.24, 2.45) is 0 Å². The van der Waals surface area contributed by atoms with Gasteiger partial charge in [0.05, 0.1) is 5.52 Å². The molecular formula is C17H17N3. The first kappa shape index (κ1) is 12.8. The van der Waals surface area contributed by atoms with E-state index in [0.717, 1.165) is 25.0 Å². The van der Waals surface area contributed by atoms with E-state index >= 15 is 0 Å². The summed E-state index contributed by atoms with van der Waals surface area (Å²) in [5.41, 5.74) is 3.61. The van der Waals surface area contributed by atoms with E-state index in [1.54, 1.807) is 6.20 Å². The highest BCUT2D eigenvalue weighted by atomic mass is 14.8. The van der Waals surface area contributed by atoms with Gasteiger partial charge in [0.15, 0.2) is 0 Å². The Morgan fingerprint density at radius 3 is 2.80 bits per heavy atom. The lowest BCUT2D eigenvalue weighted by atomic mass is 10.1. The van der Waals surface area contributed by atoms with E-state index in [1.165, 1.54) is 16.5 Å². The smallest absolute Gasteiger partial charge is 0.0705 e. The number of benzene rings is 1. The molecule has 0 spiro atoms. The number of nitrogens with zero attached hydrogens (tertiary/aromatic N) is 2. The van der Waals surface area contributed by atoms with Crippen LogP contribution in [0.25, 0.3) is 10.9 Å². The van der Waals surface area contributed by atoms with E-state index in [9.17, 15) is 0 Å². The zero-order chi connectivity index (χ0) is 13.6. The predicted molar refractivity (Wildman–Crippen MR) is 81.4 cm³/mol. The molecule has 3 nitrogen and oxygen atoms in total. The fourth-order valence-electron chi connectivity index (χ4n) is 2.32. The summed E-state index contributed by atoms with van der Waals surface area (Å²) < 4.78 is 0. The van der Waals surface area contributed by atoms with Crippen molar-refractivity contribution in [3.05, 3.63) is 72.2 Å². The Balaban J connectivity index is 1.60. The lowest BCUT2D eigenvalue weighted by Gasteiger charge is -2.07. The number of aromatic nitrogens is 2. The average Bonchev–Trinajstić information content (AvgIpc) is 2.53. The molecule has 100 valence electrons. The van der Waals surface area contributed by atoms with Crippen molar-refractivity contribution in [1.82, 2.24) is 15.3 Å². The number of rotatable bonds is 5. The molecule has 0 unspecified atom stereocenters. The van der Waals surface area contributed by atoms with Gasteiger partial charge in [0, 0.05) is 30.5 Å². The molecule has 0 aliphatic heterocycles. The summed E-state index contributed by atoms with van der Waals surface area (Å²) in [4.78, 5) is 8.51. The molecule has 1 aromatic carbocycles. The zero-order valence-electron chi connectivity index (χ0n) is 11.3. The summed E-state index contributed by atoms with van der Waals surface area (Å²) in [5, 5.41) is 4.71. The second kappa shape index (κ2) is 6.26. The summed E-state index contributed by atoms with van der Waals surface area (Å²) in [6.07, 6.45) is 6.56. The second-order valence-electron chi connectivity index (χ2n) is 4.78. The molecule has 0 amide bonds. The van der Waals surface area contributed by atoms with Gasteiger partial charge in [-0.25, -0.2) is 0 Å². The minimum absolute atomic E-state index is 0.864. The molecule has 0 saturated heterocycles. The molecule has 0 atom stereocenters. The molecule has 0 bridgehead atoms. The maximum absolute atomic E-state index is 4.38. The highest BCUT2D eigenvalue weighted by Gasteiger charge is 2.00. The Bertz CT molecular complexity index is 675. The second-order valence-corrected chi connectivity index (χ2v) is 4.78. The van der Waals surface area contributed by atoms with Crippen LogP contribution in [0.1, 0.15) is 11.1 Å². The third-order valence-corrected chi connectivity index (χ3v) is 3.36. The molecule has 2 heterocycles. The van der Waals surface area contributed by atoms with Gasteiger partial charge in [0.1, 0.15) is 0 Å². The SMILES string of the molecule is c1cncc(CCNCc2cccc3ncccc23)c1. The molecule has 0 fully saturated rings. The highest BCUT2D eigenvalue weighted by Crippen LogP contribution is 2.15. The first-order valence-electron chi connectivity index (χ1n) is 6.86. The highest BCUT2D eigenvalue weighted by molar-refractivity contribution is 5.81. The quantitative estimate of drug-likeness (QED) is 0.719. The summed E-state index contributed by atoms with van der Waals surface area (Å²) in [7, 11) is 0. The number of fused-ring (bicyclic) bond motifs is 1. The number of pyridine rings is 2. The van der Waals surface area contributed by atoms with Crippen LogP contribution < -0.4 is 5.32 Å². The van der Waals surface area contributed by atoms with Crippen LogP contribution in [0.5, 0.6) is 0 Å². The average molecular weight is 263 g/mol. The first-order chi connectivity index (χ1) is 9.93. The standard InChI is InChI=1S/C17H17N3/c1-5-15(16-6-3-10-20-17(16)7-1)13-19-11-8-14-4-2-9-18-12-14/h1-7,9-10,12,19H,8,11,13H2. The van der Waals surface area contributed by atoms with E-state index < -0.39 is 0 Å². The topological polar surface area (TPSA) is 37.8 Å². The third kappa shape index (κ3) is 3.00. The molecule has 0 saturated carbocycles. The summed E-state index contributed by atoms with van der Waals surface area (Å²) in [6.45, 7) is 1.81. The molecule has 3 rings (SSSR count). The van der Waals surface area contributed by atoms with Crippen LogP contribution in [-0.2, 0) is 13.0 Å². The Morgan fingerprint density at radius 1 is 0.950 bits per heavy atom. The van der Waals surface area contributed by atoms with Crippen molar-refractivity contribution in [1.29, 1.82) is 0 Å². The van der Waals surface area contributed by atoms with Crippen molar-refractivity contribution < 1.29 is 0 Å². The van der Waals surface area contributed by atoms with E-state index in [-0.39, 0.29) is 0 Å². The number of hydrogen-bond acceptors (Lipinski definition) is 3. The van der Waals surface area contributed by atoms with Crippen LogP contribution in [0.4, 0.5) is 0 Å². The normalized spacial score (nSPS) is 10.8. The minimum Gasteiger partial charge on any atom is -0.312 e. The van der Waals surface area contributed by atoms with Crippen LogP contribution in [0.15, 0.2) is 61.1 Å². The Morgan fingerprint density at radius 2 is 1.90 bits per heavy atom. The summed E-state index contributed by atoms with van der Waals surface area (Å²) in [5.74, 6) is 0. The Kier molecular flexibility index (Phi) is 3.99. The lowest BCUT2D eigenvalue weighted by Crippen LogP contribution is -2.16. The van der Waals surface area contributed by atoms with Gasteiger partial charge < -0.3 is 5.32 Å². The van der Waals surface area contributed by atoms with Crippen LogP contribution in [0.3, 0.4) is 0 Å². The fourth-order valence-corrected chi connectivity index (χ4v) is 2.32. The van der Waals surface area contributed by atoms with Crippen LogP contribution >= 0.6 is 0 Å². The summed E-state index contributed by atoms with van der Waals surface area (Å²) in [6, 6.07) is 14.5. The van der Waals surface area contributed by atoms with Gasteiger partial charge in [-0.15, -0.1) is 0 Å². The van der Waals surface area contributed by atoms with Gasteiger partial charge in [-0.3, -0.25) is 9.97 Å². The van der Waals surface area contributed by atoms with Crippen molar-refractivity contribution in [3.8, 4) is 0 Å².